The number of anilines is 4. The summed E-state index contributed by atoms with van der Waals surface area (Å²) in [6.45, 7) is 1.84. The van der Waals surface area contributed by atoms with Gasteiger partial charge in [0.25, 0.3) is 0 Å². The minimum absolute atomic E-state index is 0.192. The molecule has 0 bridgehead atoms. The maximum absolute atomic E-state index is 11.1. The van der Waals surface area contributed by atoms with Crippen LogP contribution < -0.4 is 15.4 Å². The minimum atomic E-state index is -0.990. The largest absolute Gasteiger partial charge is 0.495 e. The summed E-state index contributed by atoms with van der Waals surface area (Å²) in [7, 11) is 1.55. The molecule has 0 saturated heterocycles. The molecule has 27 heavy (non-hydrogen) atoms. The van der Waals surface area contributed by atoms with E-state index in [4.69, 9.17) is 21.4 Å². The van der Waals surface area contributed by atoms with E-state index in [0.29, 0.717) is 33.9 Å². The number of hydrogen-bond acceptors (Lipinski definition) is 6. The fraction of sp³-hybridized carbons (Fsp3) is 0.105. The predicted octanol–water partition coefficient (Wildman–Crippen LogP) is 4.63. The average Bonchev–Trinajstić information content (AvgIpc) is 2.61. The molecule has 0 radical (unpaired) electrons. The fourth-order valence-electron chi connectivity index (χ4n) is 2.44. The molecule has 1 heterocycles. The van der Waals surface area contributed by atoms with Crippen LogP contribution in [0.4, 0.5) is 23.1 Å². The van der Waals surface area contributed by atoms with Crippen molar-refractivity contribution in [2.24, 2.45) is 0 Å². The van der Waals surface area contributed by atoms with Crippen LogP contribution in [0.2, 0.25) is 5.02 Å². The van der Waals surface area contributed by atoms with Crippen molar-refractivity contribution in [3.63, 3.8) is 0 Å². The van der Waals surface area contributed by atoms with E-state index in [0.717, 1.165) is 5.69 Å². The molecule has 3 N–H and O–H groups in total. The first kappa shape index (κ1) is 18.5. The lowest BCUT2D eigenvalue weighted by molar-refractivity contribution is 0.0697. The van der Waals surface area contributed by atoms with E-state index in [9.17, 15) is 4.79 Å². The number of methoxy groups -OCH3 is 1. The number of aromatic carboxylic acids is 1. The van der Waals surface area contributed by atoms with Gasteiger partial charge in [-0.2, -0.15) is 4.98 Å². The molecule has 0 atom stereocenters. The number of ether oxygens (including phenoxy) is 1. The highest BCUT2D eigenvalue weighted by Gasteiger charge is 2.08. The Kier molecular flexibility index (Phi) is 5.42. The number of carboxylic acids is 1. The highest BCUT2D eigenvalue weighted by molar-refractivity contribution is 6.32. The van der Waals surface area contributed by atoms with Crippen LogP contribution in [0.3, 0.4) is 0 Å². The summed E-state index contributed by atoms with van der Waals surface area (Å²) in [5.41, 5.74) is 2.26. The van der Waals surface area contributed by atoms with Crippen LogP contribution in [0.1, 0.15) is 16.1 Å². The van der Waals surface area contributed by atoms with Gasteiger partial charge in [0.2, 0.25) is 5.95 Å². The van der Waals surface area contributed by atoms with Gasteiger partial charge in [-0.05, 0) is 43.3 Å². The Bertz CT molecular complexity index is 994. The van der Waals surface area contributed by atoms with Crippen molar-refractivity contribution in [1.29, 1.82) is 0 Å². The number of halogens is 1. The fourth-order valence-corrected chi connectivity index (χ4v) is 2.70. The van der Waals surface area contributed by atoms with E-state index in [1.165, 1.54) is 12.1 Å². The first-order chi connectivity index (χ1) is 12.9. The first-order valence-corrected chi connectivity index (χ1v) is 8.39. The topological polar surface area (TPSA) is 96.4 Å². The van der Waals surface area contributed by atoms with Crippen LogP contribution in [0.25, 0.3) is 0 Å². The highest BCUT2D eigenvalue weighted by atomic mass is 35.5. The van der Waals surface area contributed by atoms with Gasteiger partial charge in [0.15, 0.2) is 0 Å². The summed E-state index contributed by atoms with van der Waals surface area (Å²) in [6, 6.07) is 13.5. The van der Waals surface area contributed by atoms with E-state index in [1.807, 2.05) is 6.92 Å². The molecule has 0 aliphatic carbocycles. The van der Waals surface area contributed by atoms with Gasteiger partial charge in [0, 0.05) is 23.1 Å². The van der Waals surface area contributed by atoms with E-state index >= 15 is 0 Å². The molecule has 1 aromatic heterocycles. The van der Waals surface area contributed by atoms with Gasteiger partial charge < -0.3 is 20.5 Å². The van der Waals surface area contributed by atoms with Crippen molar-refractivity contribution in [2.45, 2.75) is 6.92 Å². The van der Waals surface area contributed by atoms with Gasteiger partial charge in [-0.15, -0.1) is 0 Å². The molecule has 2 aromatic carbocycles. The van der Waals surface area contributed by atoms with Crippen LogP contribution in [-0.4, -0.2) is 28.2 Å². The Hall–Kier alpha value is -3.32. The van der Waals surface area contributed by atoms with Crippen LogP contribution in [0.5, 0.6) is 5.75 Å². The molecular weight excluding hydrogens is 368 g/mol. The summed E-state index contributed by atoms with van der Waals surface area (Å²) < 4.78 is 5.14. The molecule has 0 saturated carbocycles. The second-order valence-electron chi connectivity index (χ2n) is 5.70. The lowest BCUT2D eigenvalue weighted by Gasteiger charge is -2.11. The van der Waals surface area contributed by atoms with Crippen LogP contribution in [0, 0.1) is 6.92 Å². The Morgan fingerprint density at radius 2 is 1.85 bits per heavy atom. The Morgan fingerprint density at radius 1 is 1.07 bits per heavy atom. The van der Waals surface area contributed by atoms with E-state index < -0.39 is 5.97 Å². The number of nitrogens with one attached hydrogen (secondary N) is 2. The normalized spacial score (nSPS) is 10.3. The molecule has 3 rings (SSSR count). The van der Waals surface area contributed by atoms with E-state index in [-0.39, 0.29) is 5.56 Å². The summed E-state index contributed by atoms with van der Waals surface area (Å²) in [5.74, 6) is 0.504. The van der Waals surface area contributed by atoms with Crippen molar-refractivity contribution in [3.05, 3.63) is 64.8 Å². The van der Waals surface area contributed by atoms with Crippen molar-refractivity contribution in [3.8, 4) is 5.75 Å². The summed E-state index contributed by atoms with van der Waals surface area (Å²) in [4.78, 5) is 19.9. The zero-order valence-corrected chi connectivity index (χ0v) is 15.4. The second-order valence-corrected chi connectivity index (χ2v) is 6.11. The van der Waals surface area contributed by atoms with Gasteiger partial charge in [0.1, 0.15) is 11.6 Å². The minimum Gasteiger partial charge on any atom is -0.495 e. The summed E-state index contributed by atoms with van der Waals surface area (Å²) in [5, 5.41) is 15.8. The Labute approximate surface area is 161 Å². The number of benzene rings is 2. The molecule has 0 aliphatic rings. The maximum atomic E-state index is 11.1. The standard InChI is InChI=1S/C19H17ClN4O3/c1-11-8-17(22-13-5-3-4-12(9-13)18(25)26)24-19(21-11)23-14-6-7-16(27-2)15(20)10-14/h3-10H,1-2H3,(H,25,26)(H2,21,22,23,24). The monoisotopic (exact) mass is 384 g/mol. The van der Waals surface area contributed by atoms with Gasteiger partial charge >= 0.3 is 5.97 Å². The predicted molar refractivity (Wildman–Crippen MR) is 105 cm³/mol. The first-order valence-electron chi connectivity index (χ1n) is 8.01. The maximum Gasteiger partial charge on any atom is 0.335 e. The SMILES string of the molecule is COc1ccc(Nc2nc(C)cc(Nc3cccc(C(=O)O)c3)n2)cc1Cl. The number of nitrogens with zero attached hydrogens (tertiary/aromatic N) is 2. The van der Waals surface area contributed by atoms with Gasteiger partial charge in [0.05, 0.1) is 17.7 Å². The molecule has 0 aliphatic heterocycles. The zero-order chi connectivity index (χ0) is 19.4. The third-order valence-electron chi connectivity index (χ3n) is 3.64. The van der Waals surface area contributed by atoms with Crippen molar-refractivity contribution in [1.82, 2.24) is 9.97 Å². The number of carboxylic acid groups (broad SMARTS) is 1. The zero-order valence-electron chi connectivity index (χ0n) is 14.7. The number of rotatable bonds is 6. The van der Waals surface area contributed by atoms with Gasteiger partial charge in [-0.25, -0.2) is 9.78 Å². The molecule has 7 nitrogen and oxygen atoms in total. The van der Waals surface area contributed by atoms with Gasteiger partial charge in [-0.3, -0.25) is 0 Å². The number of carbonyl (C=O) groups is 1. The average molecular weight is 385 g/mol. The van der Waals surface area contributed by atoms with Crippen LogP contribution >= 0.6 is 11.6 Å². The molecule has 0 amide bonds. The smallest absolute Gasteiger partial charge is 0.335 e. The second kappa shape index (κ2) is 7.92. The number of hydrogen-bond donors (Lipinski definition) is 3. The van der Waals surface area contributed by atoms with Crippen LogP contribution in [0.15, 0.2) is 48.5 Å². The Morgan fingerprint density at radius 3 is 2.56 bits per heavy atom. The third-order valence-corrected chi connectivity index (χ3v) is 3.94. The van der Waals surface area contributed by atoms with Crippen LogP contribution in [-0.2, 0) is 0 Å². The summed E-state index contributed by atoms with van der Waals surface area (Å²) in [6.07, 6.45) is 0. The lowest BCUT2D eigenvalue weighted by Crippen LogP contribution is -2.03. The molecule has 0 unspecified atom stereocenters. The highest BCUT2D eigenvalue weighted by Crippen LogP contribution is 2.28. The number of aryl methyl sites for hydroxylation is 1. The lowest BCUT2D eigenvalue weighted by atomic mass is 10.2. The molecule has 3 aromatic rings. The molecule has 0 fully saturated rings. The Balaban J connectivity index is 1.83. The van der Waals surface area contributed by atoms with Crippen molar-refractivity contribution < 1.29 is 14.6 Å². The van der Waals surface area contributed by atoms with Gasteiger partial charge in [-0.1, -0.05) is 17.7 Å². The summed E-state index contributed by atoms with van der Waals surface area (Å²) >= 11 is 6.14. The number of aromatic nitrogens is 2. The van der Waals surface area contributed by atoms with Crippen molar-refractivity contribution >= 4 is 40.7 Å². The quantitative estimate of drug-likeness (QED) is 0.570. The third kappa shape index (κ3) is 4.65. The molecule has 138 valence electrons. The molecule has 0 spiro atoms. The van der Waals surface area contributed by atoms with E-state index in [1.54, 1.807) is 43.5 Å². The van der Waals surface area contributed by atoms with Crippen molar-refractivity contribution in [2.75, 3.05) is 17.7 Å². The molecular formula is C19H17ClN4O3. The molecule has 8 heteroatoms. The van der Waals surface area contributed by atoms with E-state index in [2.05, 4.69) is 20.6 Å².